The van der Waals surface area contributed by atoms with Crippen molar-refractivity contribution in [2.24, 2.45) is 4.99 Å². The molecule has 1 aliphatic heterocycles. The molecule has 1 aromatic heterocycles. The van der Waals surface area contributed by atoms with Gasteiger partial charge in [0, 0.05) is 18.2 Å². The van der Waals surface area contributed by atoms with E-state index in [1.54, 1.807) is 0 Å². The number of nitrogens with zero attached hydrogens (tertiary/aromatic N) is 4. The van der Waals surface area contributed by atoms with Crippen LogP contribution < -0.4 is 0 Å². The van der Waals surface area contributed by atoms with Crippen LogP contribution in [0.25, 0.3) is 5.69 Å². The minimum absolute atomic E-state index is 0.0522. The van der Waals surface area contributed by atoms with E-state index in [-0.39, 0.29) is 6.04 Å². The minimum atomic E-state index is 0.0522. The maximum absolute atomic E-state index is 5.11. The number of fused-ring (bicyclic) bond motifs is 1. The highest BCUT2D eigenvalue weighted by Gasteiger charge is 2.34. The zero-order chi connectivity index (χ0) is 19.8. The molecule has 0 saturated carbocycles. The van der Waals surface area contributed by atoms with Crippen LogP contribution in [0.4, 0.5) is 5.82 Å². The summed E-state index contributed by atoms with van der Waals surface area (Å²) in [5, 5.41) is 4.88. The number of hydrogen-bond acceptors (Lipinski definition) is 3. The molecule has 0 unspecified atom stereocenters. The summed E-state index contributed by atoms with van der Waals surface area (Å²) in [5.74, 6) is 1.85. The van der Waals surface area contributed by atoms with Gasteiger partial charge in [0.15, 0.2) is 5.82 Å². The van der Waals surface area contributed by atoms with E-state index in [1.165, 1.54) is 5.56 Å². The molecular formula is C25H22N4. The number of rotatable bonds is 3. The second-order valence-electron chi connectivity index (χ2n) is 7.30. The van der Waals surface area contributed by atoms with Crippen molar-refractivity contribution in [1.82, 2.24) is 14.7 Å². The molecule has 0 amide bonds. The summed E-state index contributed by atoms with van der Waals surface area (Å²) in [4.78, 5) is 7.37. The largest absolute Gasteiger partial charge is 0.348 e. The highest BCUT2D eigenvalue weighted by molar-refractivity contribution is 6.02. The van der Waals surface area contributed by atoms with E-state index < -0.39 is 0 Å². The summed E-state index contributed by atoms with van der Waals surface area (Å²) in [5.41, 5.74) is 5.50. The average Bonchev–Trinajstić information content (AvgIpc) is 3.11. The number of para-hydroxylation sites is 1. The van der Waals surface area contributed by atoms with Crippen molar-refractivity contribution in [2.45, 2.75) is 13.0 Å². The van der Waals surface area contributed by atoms with Crippen molar-refractivity contribution in [3.8, 4) is 5.69 Å². The van der Waals surface area contributed by atoms with Gasteiger partial charge in [-0.2, -0.15) is 5.10 Å². The maximum Gasteiger partial charge on any atom is 0.163 e. The molecule has 0 bridgehead atoms. The predicted molar refractivity (Wildman–Crippen MR) is 117 cm³/mol. The summed E-state index contributed by atoms with van der Waals surface area (Å²) in [7, 11) is 2.12. The molecule has 3 aromatic carbocycles. The van der Waals surface area contributed by atoms with Crippen molar-refractivity contribution in [3.63, 3.8) is 0 Å². The SMILES string of the molecule is Cc1nn(-c2ccccc2)c2c1[C@@H](c1ccccc1)N(C)C(c1ccccc1)=N2. The van der Waals surface area contributed by atoms with E-state index in [4.69, 9.17) is 10.1 Å². The van der Waals surface area contributed by atoms with Gasteiger partial charge in [0.2, 0.25) is 0 Å². The summed E-state index contributed by atoms with van der Waals surface area (Å²) in [6.07, 6.45) is 0. The molecule has 29 heavy (non-hydrogen) atoms. The molecule has 1 atom stereocenters. The summed E-state index contributed by atoms with van der Waals surface area (Å²) >= 11 is 0. The van der Waals surface area contributed by atoms with Gasteiger partial charge >= 0.3 is 0 Å². The lowest BCUT2D eigenvalue weighted by Gasteiger charge is -2.35. The Hall–Kier alpha value is -3.66. The van der Waals surface area contributed by atoms with Crippen LogP contribution in [0.5, 0.6) is 0 Å². The van der Waals surface area contributed by atoms with Gasteiger partial charge in [0.25, 0.3) is 0 Å². The smallest absolute Gasteiger partial charge is 0.163 e. The Morgan fingerprint density at radius 3 is 2.00 bits per heavy atom. The molecule has 1 aliphatic rings. The van der Waals surface area contributed by atoms with Gasteiger partial charge in [-0.15, -0.1) is 0 Å². The molecule has 0 saturated heterocycles. The molecule has 4 aromatic rings. The van der Waals surface area contributed by atoms with Crippen LogP contribution >= 0.6 is 0 Å². The van der Waals surface area contributed by atoms with E-state index in [2.05, 4.69) is 85.6 Å². The quantitative estimate of drug-likeness (QED) is 0.485. The molecule has 142 valence electrons. The molecule has 0 aliphatic carbocycles. The van der Waals surface area contributed by atoms with Crippen LogP contribution in [0.3, 0.4) is 0 Å². The Balaban J connectivity index is 1.78. The van der Waals surface area contributed by atoms with Gasteiger partial charge in [0.05, 0.1) is 17.4 Å². The molecule has 0 fully saturated rings. The third-order valence-electron chi connectivity index (χ3n) is 5.44. The fourth-order valence-electron chi connectivity index (χ4n) is 4.08. The predicted octanol–water partition coefficient (Wildman–Crippen LogP) is 5.29. The second kappa shape index (κ2) is 7.06. The molecule has 5 rings (SSSR count). The summed E-state index contributed by atoms with van der Waals surface area (Å²) in [6, 6.07) is 31.2. The van der Waals surface area contributed by atoms with Crippen molar-refractivity contribution >= 4 is 11.7 Å². The molecule has 0 radical (unpaired) electrons. The first-order valence-electron chi connectivity index (χ1n) is 9.81. The van der Waals surface area contributed by atoms with Gasteiger partial charge in [-0.25, -0.2) is 9.67 Å². The van der Waals surface area contributed by atoms with E-state index in [0.717, 1.165) is 34.2 Å². The lowest BCUT2D eigenvalue weighted by molar-refractivity contribution is 0.420. The number of aromatic nitrogens is 2. The summed E-state index contributed by atoms with van der Waals surface area (Å²) < 4.78 is 1.97. The first-order valence-corrected chi connectivity index (χ1v) is 9.81. The van der Waals surface area contributed by atoms with Crippen LogP contribution in [0.15, 0.2) is 96.0 Å². The first kappa shape index (κ1) is 17.4. The third-order valence-corrected chi connectivity index (χ3v) is 5.44. The molecule has 4 nitrogen and oxygen atoms in total. The van der Waals surface area contributed by atoms with Gasteiger partial charge in [-0.05, 0) is 24.6 Å². The zero-order valence-electron chi connectivity index (χ0n) is 16.5. The number of benzene rings is 3. The average molecular weight is 378 g/mol. The van der Waals surface area contributed by atoms with Crippen LogP contribution in [-0.2, 0) is 0 Å². The van der Waals surface area contributed by atoms with Crippen molar-refractivity contribution in [1.29, 1.82) is 0 Å². The first-order chi connectivity index (χ1) is 14.2. The molecule has 4 heteroatoms. The minimum Gasteiger partial charge on any atom is -0.348 e. The fourth-order valence-corrected chi connectivity index (χ4v) is 4.08. The number of amidine groups is 1. The molecule has 2 heterocycles. The van der Waals surface area contributed by atoms with Gasteiger partial charge in [-0.3, -0.25) is 0 Å². The number of aliphatic imine (C=N–C) groups is 1. The van der Waals surface area contributed by atoms with Crippen molar-refractivity contribution in [3.05, 3.63) is 113 Å². The highest BCUT2D eigenvalue weighted by Crippen LogP contribution is 2.42. The van der Waals surface area contributed by atoms with Crippen LogP contribution in [0.2, 0.25) is 0 Å². The van der Waals surface area contributed by atoms with E-state index in [1.807, 2.05) is 28.9 Å². The Morgan fingerprint density at radius 2 is 1.34 bits per heavy atom. The fraction of sp³-hybridized carbons (Fsp3) is 0.120. The van der Waals surface area contributed by atoms with Crippen LogP contribution in [-0.4, -0.2) is 27.6 Å². The number of hydrogen-bond donors (Lipinski definition) is 0. The maximum atomic E-state index is 5.11. The van der Waals surface area contributed by atoms with Gasteiger partial charge in [-0.1, -0.05) is 78.9 Å². The topological polar surface area (TPSA) is 33.4 Å². The lowest BCUT2D eigenvalue weighted by atomic mass is 9.94. The monoisotopic (exact) mass is 378 g/mol. The Kier molecular flexibility index (Phi) is 4.24. The Labute approximate surface area is 170 Å². The van der Waals surface area contributed by atoms with E-state index in [0.29, 0.717) is 0 Å². The van der Waals surface area contributed by atoms with E-state index in [9.17, 15) is 0 Å². The summed E-state index contributed by atoms with van der Waals surface area (Å²) in [6.45, 7) is 2.07. The molecular weight excluding hydrogens is 356 g/mol. The zero-order valence-corrected chi connectivity index (χ0v) is 16.5. The highest BCUT2D eigenvalue weighted by atomic mass is 15.4. The Bertz CT molecular complexity index is 1160. The standard InChI is InChI=1S/C25H22N4/c1-18-22-23(19-12-6-3-7-13-19)28(2)24(20-14-8-4-9-15-20)26-25(22)29(27-18)21-16-10-5-11-17-21/h3-17,23H,1-2H3/t23-/m1/s1. The Morgan fingerprint density at radius 1 is 0.759 bits per heavy atom. The normalized spacial score (nSPS) is 15.7. The molecule has 0 spiro atoms. The van der Waals surface area contributed by atoms with Crippen LogP contribution in [0, 0.1) is 6.92 Å². The van der Waals surface area contributed by atoms with Gasteiger partial charge < -0.3 is 4.90 Å². The number of aryl methyl sites for hydroxylation is 1. The second-order valence-corrected chi connectivity index (χ2v) is 7.30. The van der Waals surface area contributed by atoms with E-state index >= 15 is 0 Å². The lowest BCUT2D eigenvalue weighted by Crippen LogP contribution is -2.35. The molecule has 0 N–H and O–H groups in total. The van der Waals surface area contributed by atoms with Crippen molar-refractivity contribution < 1.29 is 0 Å². The third kappa shape index (κ3) is 2.93. The van der Waals surface area contributed by atoms with Crippen LogP contribution in [0.1, 0.15) is 28.4 Å². The van der Waals surface area contributed by atoms with Gasteiger partial charge in [0.1, 0.15) is 5.84 Å². The van der Waals surface area contributed by atoms with Crippen molar-refractivity contribution in [2.75, 3.05) is 7.05 Å².